The minimum Gasteiger partial charge on any atom is -0.299 e. The first kappa shape index (κ1) is 11.3. The summed E-state index contributed by atoms with van der Waals surface area (Å²) < 4.78 is 0. The van der Waals surface area contributed by atoms with E-state index in [0.717, 1.165) is 30.7 Å². The summed E-state index contributed by atoms with van der Waals surface area (Å²) in [5, 5.41) is 0. The van der Waals surface area contributed by atoms with Gasteiger partial charge in [-0.25, -0.2) is 0 Å². The van der Waals surface area contributed by atoms with E-state index in [1.165, 1.54) is 12.8 Å². The summed E-state index contributed by atoms with van der Waals surface area (Å²) in [6.07, 6.45) is 6.16. The Morgan fingerprint density at radius 3 is 2.81 bits per heavy atom. The minimum atomic E-state index is 0.352. The molecule has 1 saturated carbocycles. The fraction of sp³-hybridized carbons (Fsp3) is 0.571. The lowest BCUT2D eigenvalue weighted by Crippen LogP contribution is -2.11. The maximum Gasteiger partial charge on any atom is 0.136 e. The van der Waals surface area contributed by atoms with Gasteiger partial charge in [0.2, 0.25) is 0 Å². The Labute approximate surface area is 97.1 Å². The van der Waals surface area contributed by atoms with Crippen molar-refractivity contribution in [1.82, 2.24) is 4.98 Å². The fourth-order valence-electron chi connectivity index (χ4n) is 2.44. The molecule has 1 aromatic rings. The van der Waals surface area contributed by atoms with Gasteiger partial charge in [-0.05, 0) is 38.3 Å². The van der Waals surface area contributed by atoms with Gasteiger partial charge in [0.05, 0.1) is 0 Å². The van der Waals surface area contributed by atoms with Crippen molar-refractivity contribution in [3.8, 4) is 0 Å². The molecule has 2 rings (SSSR count). The standard InChI is InChI=1S/C14H19NO/c1-11-5-4-8-13(15-11)9-10-14(16)12-6-2-3-7-12/h4-5,8,12H,2-3,6-7,9-10H2,1H3. The average molecular weight is 217 g/mol. The second kappa shape index (κ2) is 5.24. The van der Waals surface area contributed by atoms with Gasteiger partial charge in [-0.1, -0.05) is 18.9 Å². The Morgan fingerprint density at radius 1 is 1.38 bits per heavy atom. The van der Waals surface area contributed by atoms with Gasteiger partial charge in [0.1, 0.15) is 5.78 Å². The van der Waals surface area contributed by atoms with E-state index in [-0.39, 0.29) is 0 Å². The monoisotopic (exact) mass is 217 g/mol. The Balaban J connectivity index is 1.84. The third kappa shape index (κ3) is 2.91. The minimum absolute atomic E-state index is 0.352. The van der Waals surface area contributed by atoms with Crippen LogP contribution < -0.4 is 0 Å². The van der Waals surface area contributed by atoms with Crippen LogP contribution in [0.5, 0.6) is 0 Å². The van der Waals surface area contributed by atoms with Crippen molar-refractivity contribution in [2.24, 2.45) is 5.92 Å². The van der Waals surface area contributed by atoms with Crippen LogP contribution in [-0.4, -0.2) is 10.8 Å². The molecule has 0 N–H and O–H groups in total. The Morgan fingerprint density at radius 2 is 2.12 bits per heavy atom. The molecule has 0 atom stereocenters. The topological polar surface area (TPSA) is 30.0 Å². The van der Waals surface area contributed by atoms with Crippen molar-refractivity contribution in [3.05, 3.63) is 29.6 Å². The van der Waals surface area contributed by atoms with Crippen molar-refractivity contribution in [3.63, 3.8) is 0 Å². The van der Waals surface area contributed by atoms with Gasteiger partial charge in [0.15, 0.2) is 0 Å². The molecule has 1 fully saturated rings. The number of carbonyl (C=O) groups excluding carboxylic acids is 1. The number of hydrogen-bond donors (Lipinski definition) is 0. The van der Waals surface area contributed by atoms with Gasteiger partial charge in [0.25, 0.3) is 0 Å². The number of ketones is 1. The van der Waals surface area contributed by atoms with Crippen LogP contribution in [0.2, 0.25) is 0 Å². The van der Waals surface area contributed by atoms with Crippen LogP contribution in [0.15, 0.2) is 18.2 Å². The van der Waals surface area contributed by atoms with Crippen molar-refractivity contribution >= 4 is 5.78 Å². The third-order valence-electron chi connectivity index (χ3n) is 3.38. The number of carbonyl (C=O) groups is 1. The molecule has 0 saturated heterocycles. The molecule has 0 radical (unpaired) electrons. The first-order valence-corrected chi connectivity index (χ1v) is 6.21. The van der Waals surface area contributed by atoms with E-state index in [2.05, 4.69) is 4.98 Å². The zero-order valence-electron chi connectivity index (χ0n) is 9.91. The second-order valence-electron chi connectivity index (χ2n) is 4.72. The summed E-state index contributed by atoms with van der Waals surface area (Å²) in [5.74, 6) is 0.797. The van der Waals surface area contributed by atoms with Crippen LogP contribution in [0.4, 0.5) is 0 Å². The maximum atomic E-state index is 11.9. The molecule has 2 heteroatoms. The molecule has 1 aliphatic rings. The van der Waals surface area contributed by atoms with E-state index in [1.54, 1.807) is 0 Å². The van der Waals surface area contributed by atoms with Crippen LogP contribution in [-0.2, 0) is 11.2 Å². The number of pyridine rings is 1. The molecular weight excluding hydrogens is 198 g/mol. The highest BCUT2D eigenvalue weighted by Gasteiger charge is 2.21. The summed E-state index contributed by atoms with van der Waals surface area (Å²) in [5.41, 5.74) is 2.08. The highest BCUT2D eigenvalue weighted by atomic mass is 16.1. The number of Topliss-reactive ketones (excluding diaryl/α,β-unsaturated/α-hetero) is 1. The molecule has 86 valence electrons. The molecule has 0 bridgehead atoms. The summed E-state index contributed by atoms with van der Waals surface area (Å²) in [7, 11) is 0. The molecule has 1 heterocycles. The van der Waals surface area contributed by atoms with Gasteiger partial charge < -0.3 is 0 Å². The Kier molecular flexibility index (Phi) is 3.70. The van der Waals surface area contributed by atoms with Crippen molar-refractivity contribution in [2.45, 2.75) is 45.4 Å². The molecule has 16 heavy (non-hydrogen) atoms. The van der Waals surface area contributed by atoms with Crippen LogP contribution in [0.1, 0.15) is 43.5 Å². The van der Waals surface area contributed by atoms with E-state index in [9.17, 15) is 4.79 Å². The van der Waals surface area contributed by atoms with E-state index in [4.69, 9.17) is 0 Å². The number of aryl methyl sites for hydroxylation is 2. The van der Waals surface area contributed by atoms with Gasteiger partial charge >= 0.3 is 0 Å². The summed E-state index contributed by atoms with van der Waals surface area (Å²) >= 11 is 0. The normalized spacial score (nSPS) is 16.6. The first-order chi connectivity index (χ1) is 7.75. The second-order valence-corrected chi connectivity index (χ2v) is 4.72. The van der Waals surface area contributed by atoms with Crippen LogP contribution in [0.25, 0.3) is 0 Å². The van der Waals surface area contributed by atoms with Gasteiger partial charge in [-0.15, -0.1) is 0 Å². The first-order valence-electron chi connectivity index (χ1n) is 6.21. The number of aromatic nitrogens is 1. The lowest BCUT2D eigenvalue weighted by atomic mass is 9.98. The molecule has 1 aliphatic carbocycles. The largest absolute Gasteiger partial charge is 0.299 e. The molecule has 0 amide bonds. The van der Waals surface area contributed by atoms with Gasteiger partial charge in [-0.3, -0.25) is 9.78 Å². The van der Waals surface area contributed by atoms with E-state index < -0.39 is 0 Å². The lowest BCUT2D eigenvalue weighted by molar-refractivity contribution is -0.122. The zero-order valence-corrected chi connectivity index (χ0v) is 9.91. The van der Waals surface area contributed by atoms with Crippen molar-refractivity contribution in [1.29, 1.82) is 0 Å². The molecule has 0 aliphatic heterocycles. The van der Waals surface area contributed by atoms with Crippen LogP contribution >= 0.6 is 0 Å². The number of hydrogen-bond acceptors (Lipinski definition) is 2. The summed E-state index contributed by atoms with van der Waals surface area (Å²) in [6, 6.07) is 6.01. The lowest BCUT2D eigenvalue weighted by Gasteiger charge is -2.07. The van der Waals surface area contributed by atoms with E-state index in [0.29, 0.717) is 18.1 Å². The SMILES string of the molecule is Cc1cccc(CCC(=O)C2CCCC2)n1. The van der Waals surface area contributed by atoms with Crippen molar-refractivity contribution < 1.29 is 4.79 Å². The smallest absolute Gasteiger partial charge is 0.136 e. The quantitative estimate of drug-likeness (QED) is 0.775. The molecule has 0 aromatic carbocycles. The number of rotatable bonds is 4. The van der Waals surface area contributed by atoms with Crippen molar-refractivity contribution in [2.75, 3.05) is 0 Å². The molecule has 0 spiro atoms. The summed E-state index contributed by atoms with van der Waals surface area (Å²) in [4.78, 5) is 16.3. The predicted molar refractivity (Wildman–Crippen MR) is 64.3 cm³/mol. The van der Waals surface area contributed by atoms with E-state index in [1.807, 2.05) is 25.1 Å². The van der Waals surface area contributed by atoms with E-state index >= 15 is 0 Å². The molecule has 2 nitrogen and oxygen atoms in total. The predicted octanol–water partition coefficient (Wildman–Crippen LogP) is 3.08. The Bertz CT molecular complexity index is 367. The van der Waals surface area contributed by atoms with Gasteiger partial charge in [-0.2, -0.15) is 0 Å². The zero-order chi connectivity index (χ0) is 11.4. The number of nitrogens with zero attached hydrogens (tertiary/aromatic N) is 1. The van der Waals surface area contributed by atoms with Crippen LogP contribution in [0, 0.1) is 12.8 Å². The third-order valence-corrected chi connectivity index (χ3v) is 3.38. The van der Waals surface area contributed by atoms with Crippen LogP contribution in [0.3, 0.4) is 0 Å². The molecular formula is C14H19NO. The van der Waals surface area contributed by atoms with Gasteiger partial charge in [0, 0.05) is 23.7 Å². The average Bonchev–Trinajstić information content (AvgIpc) is 2.79. The highest BCUT2D eigenvalue weighted by molar-refractivity contribution is 5.81. The highest BCUT2D eigenvalue weighted by Crippen LogP contribution is 2.26. The summed E-state index contributed by atoms with van der Waals surface area (Å²) in [6.45, 7) is 1.99. The fourth-order valence-corrected chi connectivity index (χ4v) is 2.44. The maximum absolute atomic E-state index is 11.9. The molecule has 0 unspecified atom stereocenters. The molecule has 1 aromatic heterocycles. The Hall–Kier alpha value is -1.18.